The van der Waals surface area contributed by atoms with Crippen molar-refractivity contribution >= 4 is 94.9 Å². The van der Waals surface area contributed by atoms with Crippen molar-refractivity contribution in [1.29, 1.82) is 0 Å². The zero-order valence-corrected chi connectivity index (χ0v) is 75.8. The topological polar surface area (TPSA) is 27.8 Å². The summed E-state index contributed by atoms with van der Waals surface area (Å²) in [6, 6.07) is 200. The van der Waals surface area contributed by atoms with E-state index in [1.54, 1.807) is 0 Å². The van der Waals surface area contributed by atoms with Gasteiger partial charge in [0.1, 0.15) is 11.2 Å². The van der Waals surface area contributed by atoms with Gasteiger partial charge in [0.05, 0.1) is 33.2 Å². The Morgan fingerprint density at radius 3 is 0.826 bits per heavy atom. The molecule has 0 unspecified atom stereocenters. The Morgan fingerprint density at radius 1 is 0.174 bits per heavy atom. The van der Waals surface area contributed by atoms with E-state index < -0.39 is 5.41 Å². The number of hydrogen-bond donors (Lipinski definition) is 0. The van der Waals surface area contributed by atoms with Gasteiger partial charge in [0, 0.05) is 67.2 Å². The van der Waals surface area contributed by atoms with Crippen LogP contribution in [0.1, 0.15) is 22.3 Å². The SMILES string of the molecule is c1ccc(-c2ccc(N(c3ccc(-c4ccccc4)cc3)c3ccc(-c4cccc(-n5c6ccccc6c6ccccc65)c4)cc3)cc2)cc1.c1ccc(-c2ccc(N(c3ccc(-c4ccccc4)cc3)c3cccc4c3-c3ccccc3C43c4ccccc4-c4ccccc43)cc2)cc1.c1ccc(-c2ccc(N(c3ccc(-c4ccccc4)cc3)c3cccc4oc5ccccc5c34)cc2)cc1. The van der Waals surface area contributed by atoms with Gasteiger partial charge in [-0.1, -0.05) is 425 Å². The largest absolute Gasteiger partial charge is 0.456 e. The predicted molar refractivity (Wildman–Crippen MR) is 579 cm³/mol. The lowest BCUT2D eigenvalue weighted by Gasteiger charge is -2.32. The molecule has 0 atom stereocenters. The zero-order chi connectivity index (χ0) is 91.7. The highest BCUT2D eigenvalue weighted by Crippen LogP contribution is 2.65. The average molecular weight is 1760 g/mol. The molecular formula is C133H92N4O. The minimum Gasteiger partial charge on any atom is -0.456 e. The van der Waals surface area contributed by atoms with Crippen LogP contribution in [0.5, 0.6) is 0 Å². The van der Waals surface area contributed by atoms with Gasteiger partial charge in [0.15, 0.2) is 0 Å². The van der Waals surface area contributed by atoms with Gasteiger partial charge in [-0.25, -0.2) is 0 Å². The van der Waals surface area contributed by atoms with Crippen LogP contribution in [-0.4, -0.2) is 4.57 Å². The number of fused-ring (bicyclic) bond motifs is 16. The Morgan fingerprint density at radius 2 is 0.435 bits per heavy atom. The number of rotatable bonds is 17. The van der Waals surface area contributed by atoms with Crippen molar-refractivity contribution < 1.29 is 4.42 Å². The second kappa shape index (κ2) is 36.4. The van der Waals surface area contributed by atoms with E-state index in [2.05, 4.69) is 559 Å². The van der Waals surface area contributed by atoms with Gasteiger partial charge >= 0.3 is 0 Å². The summed E-state index contributed by atoms with van der Waals surface area (Å²) in [5, 5.41) is 4.77. The lowest BCUT2D eigenvalue weighted by Crippen LogP contribution is -2.26. The molecule has 26 rings (SSSR count). The molecule has 5 nitrogen and oxygen atoms in total. The van der Waals surface area contributed by atoms with Gasteiger partial charge in [0.25, 0.3) is 0 Å². The summed E-state index contributed by atoms with van der Waals surface area (Å²) in [7, 11) is 0. The molecular weight excluding hydrogens is 1670 g/mol. The molecule has 1 spiro atoms. The van der Waals surface area contributed by atoms with E-state index in [1.165, 1.54) is 150 Å². The standard InChI is InChI=1S/C49H33N.C48H34N2.C36H25NO/c1-3-14-34(15-4-1)36-26-30-38(31-27-36)50(39-32-28-37(29-33-39)35-16-5-2-6-17-35)47-25-13-24-46-48(47)42-20-9-12-23-45(42)49(46)43-21-10-7-18-40(43)41-19-8-11-22-44(41)49;1-3-12-35(13-4-1)37-22-28-41(29-23-37)49(42-30-24-38(25-31-42)36-14-5-2-6-15-36)43-32-26-39(27-33-43)40-16-11-17-44(34-40)50-47-20-9-7-18-45(47)46-19-8-10-21-48(46)50;1-3-10-26(11-4-1)28-18-22-30(23-19-28)37(31-24-20-29(21-25-31)27-12-5-2-6-13-27)33-15-9-17-35-36(33)32-14-7-8-16-34(32)38-35/h1-33H;1-34H;1-25H. The van der Waals surface area contributed by atoms with Crippen molar-refractivity contribution in [2.75, 3.05) is 14.7 Å². The molecule has 0 saturated carbocycles. The minimum atomic E-state index is -0.394. The van der Waals surface area contributed by atoms with Crippen molar-refractivity contribution in [1.82, 2.24) is 4.57 Å². The van der Waals surface area contributed by atoms with Gasteiger partial charge < -0.3 is 23.7 Å². The van der Waals surface area contributed by atoms with Gasteiger partial charge in [-0.05, 0) is 250 Å². The first-order valence-electron chi connectivity index (χ1n) is 47.3. The molecule has 5 heteroatoms. The van der Waals surface area contributed by atoms with Crippen LogP contribution in [0.3, 0.4) is 0 Å². The number of nitrogens with zero attached hydrogens (tertiary/aromatic N) is 4. The third kappa shape index (κ3) is 15.3. The molecule has 0 N–H and O–H groups in total. The Kier molecular flexibility index (Phi) is 21.9. The first kappa shape index (κ1) is 83.0. The van der Waals surface area contributed by atoms with Crippen LogP contribution in [0, 0.1) is 0 Å². The summed E-state index contributed by atoms with van der Waals surface area (Å²) >= 11 is 0. The molecule has 650 valence electrons. The fourth-order valence-corrected chi connectivity index (χ4v) is 21.0. The summed E-state index contributed by atoms with van der Waals surface area (Å²) in [5.41, 5.74) is 42.4. The van der Waals surface area contributed by atoms with E-state index in [4.69, 9.17) is 4.42 Å². The quantitative estimate of drug-likeness (QED) is 0.0908. The van der Waals surface area contributed by atoms with Crippen LogP contribution < -0.4 is 14.7 Å². The Balaban J connectivity index is 0.000000114. The second-order valence-electron chi connectivity index (χ2n) is 35.3. The molecule has 0 fully saturated rings. The van der Waals surface area contributed by atoms with Crippen LogP contribution in [0.25, 0.3) is 150 Å². The summed E-state index contributed by atoms with van der Waals surface area (Å²) in [4.78, 5) is 7.11. The number of benzene rings is 22. The van der Waals surface area contributed by atoms with E-state index in [0.29, 0.717) is 0 Å². The monoisotopic (exact) mass is 1760 g/mol. The third-order valence-corrected chi connectivity index (χ3v) is 27.4. The first-order chi connectivity index (χ1) is 68.5. The van der Waals surface area contributed by atoms with E-state index in [0.717, 1.165) is 73.1 Å². The molecule has 0 saturated heterocycles. The molecule has 138 heavy (non-hydrogen) atoms. The number of furan rings is 1. The number of para-hydroxylation sites is 3. The van der Waals surface area contributed by atoms with Crippen molar-refractivity contribution in [3.05, 3.63) is 580 Å². The van der Waals surface area contributed by atoms with Gasteiger partial charge in [-0.2, -0.15) is 0 Å². The summed E-state index contributed by atoms with van der Waals surface area (Å²) < 4.78 is 8.62. The van der Waals surface area contributed by atoms with Crippen LogP contribution >= 0.6 is 0 Å². The molecule has 2 aliphatic carbocycles. The molecule has 2 aromatic heterocycles. The lowest BCUT2D eigenvalue weighted by atomic mass is 9.70. The molecule has 2 aliphatic rings. The van der Waals surface area contributed by atoms with Crippen LogP contribution in [0.2, 0.25) is 0 Å². The highest BCUT2D eigenvalue weighted by Gasteiger charge is 2.52. The molecule has 0 bridgehead atoms. The lowest BCUT2D eigenvalue weighted by molar-refractivity contribution is 0.669. The maximum Gasteiger partial charge on any atom is 0.137 e. The molecule has 0 radical (unpaired) electrons. The first-order valence-corrected chi connectivity index (χ1v) is 47.3. The van der Waals surface area contributed by atoms with E-state index >= 15 is 0 Å². The smallest absolute Gasteiger partial charge is 0.137 e. The van der Waals surface area contributed by atoms with Crippen molar-refractivity contribution in [3.63, 3.8) is 0 Å². The van der Waals surface area contributed by atoms with E-state index in [9.17, 15) is 0 Å². The highest BCUT2D eigenvalue weighted by molar-refractivity contribution is 6.14. The Bertz CT molecular complexity index is 8130. The zero-order valence-electron chi connectivity index (χ0n) is 75.8. The number of anilines is 9. The predicted octanol–water partition coefficient (Wildman–Crippen LogP) is 36.5. The fraction of sp³-hybridized carbons (Fsp3) is 0.00752. The maximum absolute atomic E-state index is 6.24. The van der Waals surface area contributed by atoms with Crippen LogP contribution in [0.4, 0.5) is 51.2 Å². The van der Waals surface area contributed by atoms with Gasteiger partial charge in [-0.3, -0.25) is 0 Å². The van der Waals surface area contributed by atoms with Crippen LogP contribution in [-0.2, 0) is 5.41 Å². The maximum atomic E-state index is 6.24. The van der Waals surface area contributed by atoms with Crippen molar-refractivity contribution in [2.45, 2.75) is 5.41 Å². The molecule has 22 aromatic carbocycles. The van der Waals surface area contributed by atoms with E-state index in [-0.39, 0.29) is 0 Å². The van der Waals surface area contributed by atoms with Gasteiger partial charge in [-0.15, -0.1) is 0 Å². The summed E-state index contributed by atoms with van der Waals surface area (Å²) in [5.74, 6) is 0. The van der Waals surface area contributed by atoms with Crippen molar-refractivity contribution in [2.24, 2.45) is 0 Å². The Labute approximate surface area is 804 Å². The molecule has 2 heterocycles. The summed E-state index contributed by atoms with van der Waals surface area (Å²) in [6.07, 6.45) is 0. The van der Waals surface area contributed by atoms with Crippen molar-refractivity contribution in [3.8, 4) is 106 Å². The van der Waals surface area contributed by atoms with E-state index in [1.807, 2.05) is 18.2 Å². The second-order valence-corrected chi connectivity index (χ2v) is 35.3. The summed E-state index contributed by atoms with van der Waals surface area (Å²) in [6.45, 7) is 0. The highest BCUT2D eigenvalue weighted by atomic mass is 16.3. The normalized spacial score (nSPS) is 11.8. The fourth-order valence-electron chi connectivity index (χ4n) is 21.0. The van der Waals surface area contributed by atoms with Gasteiger partial charge in [0.2, 0.25) is 0 Å². The molecule has 24 aromatic rings. The average Bonchev–Trinajstić information content (AvgIpc) is 1.50. The molecule has 0 amide bonds. The number of aromatic nitrogens is 1. The minimum absolute atomic E-state index is 0.394. The Hall–Kier alpha value is -18.2. The van der Waals surface area contributed by atoms with Crippen LogP contribution in [0.15, 0.2) is 563 Å². The third-order valence-electron chi connectivity index (χ3n) is 27.4. The number of hydrogen-bond acceptors (Lipinski definition) is 4. The molecule has 0 aliphatic heterocycles.